The molecule has 1 rings (SSSR count). The van der Waals surface area contributed by atoms with Crippen LogP contribution in [0.3, 0.4) is 0 Å². The van der Waals surface area contributed by atoms with Gasteiger partial charge in [0.2, 0.25) is 0 Å². The Bertz CT molecular complexity index is 273. The number of unbranched alkanes of at least 4 members (excludes halogenated alkanes) is 1. The van der Waals surface area contributed by atoms with Crippen molar-refractivity contribution in [1.29, 1.82) is 0 Å². The Labute approximate surface area is 101 Å². The molecule has 0 aliphatic carbocycles. The van der Waals surface area contributed by atoms with E-state index in [2.05, 4.69) is 23.5 Å². The fourth-order valence-corrected chi connectivity index (χ4v) is 2.73. The average molecular weight is 244 g/mol. The molecule has 0 bridgehead atoms. The van der Waals surface area contributed by atoms with Crippen LogP contribution in [0.4, 0.5) is 0 Å². The number of nitrogens with two attached hydrogens (primary N) is 1. The lowest BCUT2D eigenvalue weighted by Gasteiger charge is -2.06. The van der Waals surface area contributed by atoms with Crippen LogP contribution in [0.1, 0.15) is 42.9 Å². The highest BCUT2D eigenvalue weighted by molar-refractivity contribution is 7.98. The van der Waals surface area contributed by atoms with Crippen LogP contribution in [0.15, 0.2) is 5.38 Å². The van der Waals surface area contributed by atoms with Gasteiger partial charge in [-0.1, -0.05) is 13.3 Å². The van der Waals surface area contributed by atoms with E-state index < -0.39 is 0 Å². The SMILES string of the molecule is CCCCc1nc(C(N)CCSC)cs1. The summed E-state index contributed by atoms with van der Waals surface area (Å²) < 4.78 is 0. The molecule has 4 heteroatoms. The maximum Gasteiger partial charge on any atom is 0.0928 e. The quantitative estimate of drug-likeness (QED) is 0.800. The molecule has 1 aromatic rings. The van der Waals surface area contributed by atoms with E-state index in [9.17, 15) is 0 Å². The van der Waals surface area contributed by atoms with Gasteiger partial charge in [0.25, 0.3) is 0 Å². The van der Waals surface area contributed by atoms with Gasteiger partial charge in [-0.05, 0) is 31.3 Å². The van der Waals surface area contributed by atoms with E-state index in [1.54, 1.807) is 11.3 Å². The fraction of sp³-hybridized carbons (Fsp3) is 0.727. The van der Waals surface area contributed by atoms with Crippen LogP contribution in [0.25, 0.3) is 0 Å². The van der Waals surface area contributed by atoms with Crippen molar-refractivity contribution in [1.82, 2.24) is 4.98 Å². The molecule has 1 aromatic heterocycles. The van der Waals surface area contributed by atoms with Crippen molar-refractivity contribution in [3.8, 4) is 0 Å². The zero-order chi connectivity index (χ0) is 11.1. The third-order valence-electron chi connectivity index (χ3n) is 2.33. The van der Waals surface area contributed by atoms with E-state index in [-0.39, 0.29) is 6.04 Å². The molecule has 0 saturated heterocycles. The molecule has 1 atom stereocenters. The Kier molecular flexibility index (Phi) is 6.29. The van der Waals surface area contributed by atoms with Crippen LogP contribution in [0.2, 0.25) is 0 Å². The van der Waals surface area contributed by atoms with Crippen molar-refractivity contribution < 1.29 is 0 Å². The number of thiazole rings is 1. The van der Waals surface area contributed by atoms with Crippen LogP contribution >= 0.6 is 23.1 Å². The summed E-state index contributed by atoms with van der Waals surface area (Å²) in [5, 5.41) is 3.36. The van der Waals surface area contributed by atoms with Crippen molar-refractivity contribution in [3.63, 3.8) is 0 Å². The summed E-state index contributed by atoms with van der Waals surface area (Å²) in [4.78, 5) is 4.58. The van der Waals surface area contributed by atoms with Gasteiger partial charge in [-0.3, -0.25) is 0 Å². The molecule has 1 heterocycles. The summed E-state index contributed by atoms with van der Waals surface area (Å²) in [6.45, 7) is 2.21. The monoisotopic (exact) mass is 244 g/mol. The van der Waals surface area contributed by atoms with Gasteiger partial charge in [0, 0.05) is 11.4 Å². The van der Waals surface area contributed by atoms with E-state index in [0.29, 0.717) is 0 Å². The largest absolute Gasteiger partial charge is 0.323 e. The average Bonchev–Trinajstić information content (AvgIpc) is 2.71. The molecule has 15 heavy (non-hydrogen) atoms. The van der Waals surface area contributed by atoms with Gasteiger partial charge in [-0.25, -0.2) is 4.98 Å². The van der Waals surface area contributed by atoms with E-state index in [1.165, 1.54) is 17.8 Å². The molecule has 0 spiro atoms. The minimum Gasteiger partial charge on any atom is -0.323 e. The van der Waals surface area contributed by atoms with Crippen LogP contribution in [0.5, 0.6) is 0 Å². The van der Waals surface area contributed by atoms with Gasteiger partial charge < -0.3 is 5.73 Å². The number of hydrogen-bond acceptors (Lipinski definition) is 4. The summed E-state index contributed by atoms with van der Waals surface area (Å²) in [6, 6.07) is 0.129. The number of thioether (sulfide) groups is 1. The Balaban J connectivity index is 2.43. The van der Waals surface area contributed by atoms with Crippen molar-refractivity contribution in [2.45, 2.75) is 38.6 Å². The van der Waals surface area contributed by atoms with Gasteiger partial charge in [-0.2, -0.15) is 11.8 Å². The molecule has 1 unspecified atom stereocenters. The first-order valence-corrected chi connectivity index (χ1v) is 7.74. The lowest BCUT2D eigenvalue weighted by Crippen LogP contribution is -2.11. The van der Waals surface area contributed by atoms with Crippen molar-refractivity contribution in [2.75, 3.05) is 12.0 Å². The first-order chi connectivity index (χ1) is 7.27. The van der Waals surface area contributed by atoms with Crippen molar-refractivity contribution >= 4 is 23.1 Å². The molecule has 2 N–H and O–H groups in total. The molecule has 2 nitrogen and oxygen atoms in total. The molecule has 0 aromatic carbocycles. The van der Waals surface area contributed by atoms with E-state index in [4.69, 9.17) is 5.73 Å². The highest BCUT2D eigenvalue weighted by atomic mass is 32.2. The fourth-order valence-electron chi connectivity index (χ4n) is 1.33. The summed E-state index contributed by atoms with van der Waals surface area (Å²) >= 11 is 3.59. The lowest BCUT2D eigenvalue weighted by molar-refractivity contribution is 0.680. The molecule has 0 saturated carbocycles. The summed E-state index contributed by atoms with van der Waals surface area (Å²) in [6.07, 6.45) is 6.70. The summed E-state index contributed by atoms with van der Waals surface area (Å²) in [5.74, 6) is 1.11. The van der Waals surface area contributed by atoms with E-state index in [0.717, 1.165) is 24.3 Å². The molecule has 0 amide bonds. The van der Waals surface area contributed by atoms with Crippen LogP contribution in [-0.4, -0.2) is 17.0 Å². The number of aromatic nitrogens is 1. The molecule has 0 aliphatic rings. The molecule has 0 radical (unpaired) electrons. The second kappa shape index (κ2) is 7.25. The molecule has 0 fully saturated rings. The lowest BCUT2D eigenvalue weighted by atomic mass is 10.2. The first kappa shape index (κ1) is 13.0. The molecular formula is C11H20N2S2. The number of aryl methyl sites for hydroxylation is 1. The van der Waals surface area contributed by atoms with Crippen molar-refractivity contribution in [2.24, 2.45) is 5.73 Å². The van der Waals surface area contributed by atoms with Gasteiger partial charge in [0.15, 0.2) is 0 Å². The molecule has 86 valence electrons. The number of hydrogen-bond donors (Lipinski definition) is 1. The maximum absolute atomic E-state index is 6.05. The second-order valence-electron chi connectivity index (χ2n) is 3.66. The normalized spacial score (nSPS) is 13.0. The van der Waals surface area contributed by atoms with Crippen LogP contribution in [0, 0.1) is 0 Å². The minimum atomic E-state index is 0.129. The first-order valence-electron chi connectivity index (χ1n) is 5.46. The van der Waals surface area contributed by atoms with E-state index >= 15 is 0 Å². The van der Waals surface area contributed by atoms with Crippen LogP contribution in [-0.2, 0) is 6.42 Å². The zero-order valence-corrected chi connectivity index (χ0v) is 11.2. The van der Waals surface area contributed by atoms with Gasteiger partial charge >= 0.3 is 0 Å². The zero-order valence-electron chi connectivity index (χ0n) is 9.53. The second-order valence-corrected chi connectivity index (χ2v) is 5.59. The van der Waals surface area contributed by atoms with Crippen LogP contribution < -0.4 is 5.73 Å². The van der Waals surface area contributed by atoms with Gasteiger partial charge in [0.1, 0.15) is 0 Å². The highest BCUT2D eigenvalue weighted by Gasteiger charge is 2.09. The number of nitrogens with zero attached hydrogens (tertiary/aromatic N) is 1. The summed E-state index contributed by atoms with van der Waals surface area (Å²) in [7, 11) is 0. The number of rotatable bonds is 7. The highest BCUT2D eigenvalue weighted by Crippen LogP contribution is 2.20. The van der Waals surface area contributed by atoms with Gasteiger partial charge in [0.05, 0.1) is 10.7 Å². The Morgan fingerprint density at radius 3 is 3.07 bits per heavy atom. The molecule has 0 aliphatic heterocycles. The smallest absolute Gasteiger partial charge is 0.0928 e. The Morgan fingerprint density at radius 2 is 2.40 bits per heavy atom. The topological polar surface area (TPSA) is 38.9 Å². The van der Waals surface area contributed by atoms with Crippen molar-refractivity contribution in [3.05, 3.63) is 16.1 Å². The van der Waals surface area contributed by atoms with Gasteiger partial charge in [-0.15, -0.1) is 11.3 Å². The standard InChI is InChI=1S/C11H20N2S2/c1-3-4-5-11-13-10(8-15-11)9(12)6-7-14-2/h8-9H,3-7,12H2,1-2H3. The minimum absolute atomic E-state index is 0.129. The Hall–Kier alpha value is -0.0600. The Morgan fingerprint density at radius 1 is 1.60 bits per heavy atom. The third-order valence-corrected chi connectivity index (χ3v) is 3.90. The predicted molar refractivity (Wildman–Crippen MR) is 70.7 cm³/mol. The third kappa shape index (κ3) is 4.53. The van der Waals surface area contributed by atoms with E-state index in [1.807, 2.05) is 11.8 Å². The maximum atomic E-state index is 6.05. The summed E-state index contributed by atoms with van der Waals surface area (Å²) in [5.41, 5.74) is 7.14. The molecular weight excluding hydrogens is 224 g/mol. The predicted octanol–water partition coefficient (Wildman–Crippen LogP) is 3.24.